The average Bonchev–Trinajstić information content (AvgIpc) is 0.911. The summed E-state index contributed by atoms with van der Waals surface area (Å²) >= 11 is 0. The van der Waals surface area contributed by atoms with Gasteiger partial charge in [0.2, 0.25) is 0 Å². The number of carbonyl (C=O) groups excluding carboxylic acids is 4. The molecule has 0 aromatic rings. The molecule has 0 saturated heterocycles. The second-order valence-corrected chi connectivity index (χ2v) is 34.7. The number of ether oxygens (including phenoxy) is 4. The van der Waals surface area contributed by atoms with Crippen molar-refractivity contribution in [3.8, 4) is 0 Å². The highest BCUT2D eigenvalue weighted by Crippen LogP contribution is 2.45. The van der Waals surface area contributed by atoms with Crippen molar-refractivity contribution in [2.45, 2.75) is 465 Å². The first-order valence-electron chi connectivity index (χ1n) is 43.9. The summed E-state index contributed by atoms with van der Waals surface area (Å²) < 4.78 is 68.8. The number of hydrogen-bond acceptors (Lipinski definition) is 15. The molecule has 6 atom stereocenters. The van der Waals surface area contributed by atoms with Crippen LogP contribution in [0.2, 0.25) is 0 Å². The molecular formula is C85H166O17P2. The zero-order chi connectivity index (χ0) is 76.5. The third-order valence-corrected chi connectivity index (χ3v) is 22.1. The summed E-state index contributed by atoms with van der Waals surface area (Å²) in [7, 11) is -9.92. The van der Waals surface area contributed by atoms with Crippen LogP contribution in [0.25, 0.3) is 0 Å². The second kappa shape index (κ2) is 75.1. The van der Waals surface area contributed by atoms with Crippen molar-refractivity contribution in [1.29, 1.82) is 0 Å². The van der Waals surface area contributed by atoms with Crippen LogP contribution in [0.4, 0.5) is 0 Å². The van der Waals surface area contributed by atoms with E-state index in [-0.39, 0.29) is 25.7 Å². The fourth-order valence-corrected chi connectivity index (χ4v) is 14.7. The Morgan fingerprint density at radius 3 is 0.731 bits per heavy atom. The van der Waals surface area contributed by atoms with Crippen molar-refractivity contribution >= 4 is 39.5 Å². The van der Waals surface area contributed by atoms with Crippen molar-refractivity contribution in [3.63, 3.8) is 0 Å². The molecule has 104 heavy (non-hydrogen) atoms. The minimum absolute atomic E-state index is 0.104. The van der Waals surface area contributed by atoms with Crippen molar-refractivity contribution in [1.82, 2.24) is 0 Å². The van der Waals surface area contributed by atoms with Gasteiger partial charge < -0.3 is 33.8 Å². The number of carbonyl (C=O) groups is 4. The molecule has 0 aromatic heterocycles. The highest BCUT2D eigenvalue weighted by atomic mass is 31.2. The van der Waals surface area contributed by atoms with Gasteiger partial charge in [-0.3, -0.25) is 37.3 Å². The Balaban J connectivity index is 5.18. The number of phosphoric ester groups is 2. The van der Waals surface area contributed by atoms with Gasteiger partial charge in [-0.15, -0.1) is 0 Å². The van der Waals surface area contributed by atoms with Gasteiger partial charge in [0.15, 0.2) is 12.2 Å². The molecule has 3 unspecified atom stereocenters. The Bertz CT molecular complexity index is 2010. The number of unbranched alkanes of at least 4 members (excludes halogenated alkanes) is 50. The zero-order valence-electron chi connectivity index (χ0n) is 68.5. The lowest BCUT2D eigenvalue weighted by Crippen LogP contribution is -2.30. The third kappa shape index (κ3) is 76.8. The molecule has 0 rings (SSSR count). The summed E-state index contributed by atoms with van der Waals surface area (Å²) in [4.78, 5) is 73.1. The predicted molar refractivity (Wildman–Crippen MR) is 428 cm³/mol. The van der Waals surface area contributed by atoms with Gasteiger partial charge in [-0.25, -0.2) is 9.13 Å². The highest BCUT2D eigenvalue weighted by Gasteiger charge is 2.30. The van der Waals surface area contributed by atoms with Crippen molar-refractivity contribution in [3.05, 3.63) is 0 Å². The molecule has 0 spiro atoms. The molecular weight excluding hydrogens is 1350 g/mol. The Morgan fingerprint density at radius 2 is 0.490 bits per heavy atom. The maximum Gasteiger partial charge on any atom is 0.472 e. The van der Waals surface area contributed by atoms with Crippen LogP contribution in [0, 0.1) is 17.8 Å². The van der Waals surface area contributed by atoms with Crippen molar-refractivity contribution in [2.75, 3.05) is 39.6 Å². The van der Waals surface area contributed by atoms with Gasteiger partial charge in [-0.05, 0) is 43.4 Å². The van der Waals surface area contributed by atoms with Gasteiger partial charge in [0.1, 0.15) is 19.3 Å². The van der Waals surface area contributed by atoms with Gasteiger partial charge in [0.25, 0.3) is 0 Å². The molecule has 0 aromatic carbocycles. The summed E-state index contributed by atoms with van der Waals surface area (Å²) in [5.41, 5.74) is 0. The largest absolute Gasteiger partial charge is 0.472 e. The third-order valence-electron chi connectivity index (χ3n) is 20.2. The molecule has 0 saturated carbocycles. The average molecular weight is 1520 g/mol. The lowest BCUT2D eigenvalue weighted by atomic mass is 9.99. The maximum atomic E-state index is 13.1. The van der Waals surface area contributed by atoms with Crippen LogP contribution in [0.3, 0.4) is 0 Å². The number of esters is 4. The first-order valence-corrected chi connectivity index (χ1v) is 46.9. The van der Waals surface area contributed by atoms with E-state index in [2.05, 4.69) is 48.5 Å². The van der Waals surface area contributed by atoms with Crippen LogP contribution in [-0.2, 0) is 65.4 Å². The van der Waals surface area contributed by atoms with E-state index in [0.717, 1.165) is 108 Å². The molecule has 0 aliphatic carbocycles. The van der Waals surface area contributed by atoms with E-state index in [9.17, 15) is 43.2 Å². The first kappa shape index (κ1) is 102. The second-order valence-electron chi connectivity index (χ2n) is 31.8. The molecule has 0 amide bonds. The van der Waals surface area contributed by atoms with Gasteiger partial charge >= 0.3 is 39.5 Å². The minimum atomic E-state index is -4.97. The van der Waals surface area contributed by atoms with Crippen LogP contribution in [0.1, 0.15) is 447 Å². The molecule has 19 heteroatoms. The number of phosphoric acid groups is 2. The smallest absolute Gasteiger partial charge is 0.462 e. The molecule has 0 radical (unpaired) electrons. The maximum absolute atomic E-state index is 13.1. The van der Waals surface area contributed by atoms with E-state index in [4.69, 9.17) is 37.0 Å². The zero-order valence-corrected chi connectivity index (χ0v) is 70.3. The predicted octanol–water partition coefficient (Wildman–Crippen LogP) is 25.7. The lowest BCUT2D eigenvalue weighted by Gasteiger charge is -2.21. The number of hydrogen-bond donors (Lipinski definition) is 3. The van der Waals surface area contributed by atoms with E-state index in [1.54, 1.807) is 0 Å². The normalized spacial score (nSPS) is 14.2. The lowest BCUT2D eigenvalue weighted by molar-refractivity contribution is -0.161. The Kier molecular flexibility index (Phi) is 73.7. The van der Waals surface area contributed by atoms with Crippen LogP contribution in [-0.4, -0.2) is 96.7 Å². The molecule has 17 nitrogen and oxygen atoms in total. The van der Waals surface area contributed by atoms with Crippen molar-refractivity contribution in [2.24, 2.45) is 17.8 Å². The van der Waals surface area contributed by atoms with Gasteiger partial charge in [0.05, 0.1) is 26.4 Å². The summed E-state index contributed by atoms with van der Waals surface area (Å²) in [6, 6.07) is 0. The monoisotopic (exact) mass is 1520 g/mol. The summed E-state index contributed by atoms with van der Waals surface area (Å²) in [5.74, 6) is 0.159. The molecule has 0 aliphatic heterocycles. The molecule has 0 fully saturated rings. The fourth-order valence-electron chi connectivity index (χ4n) is 13.2. The van der Waals surface area contributed by atoms with Crippen molar-refractivity contribution < 1.29 is 80.2 Å². The van der Waals surface area contributed by atoms with Crippen LogP contribution in [0.5, 0.6) is 0 Å². The summed E-state index contributed by atoms with van der Waals surface area (Å²) in [6.07, 6.45) is 65.7. The molecule has 0 bridgehead atoms. The molecule has 3 N–H and O–H groups in total. The SMILES string of the molecule is CCCCCCCCCCCCCCCCCCCCCCCCC(=O)O[C@H](COC(=O)CCCCCCCCCCCCCCCCCCCCC(C)C)COP(=O)(O)OC[C@@H](O)COP(=O)(O)OC[C@@H](COC(=O)CCCCCCCCC(C)C)OC(=O)CCCCCCCCCCC(C)CC. The van der Waals surface area contributed by atoms with Gasteiger partial charge in [0, 0.05) is 25.7 Å². The standard InChI is InChI=1S/C85H166O17P2/c1-8-10-11-12-13-14-15-16-17-18-19-20-21-22-27-30-33-36-39-45-54-61-68-84(89)101-80(72-95-82(87)66-59-52-44-38-35-32-29-26-24-23-25-28-31-34-37-42-49-56-63-76(3)4)74-99-103(91,92)97-70-79(86)71-98-104(93,94)100-75-81(73-96-83(88)67-60-53-48-47-50-57-64-77(5)6)102-85(90)69-62-55-46-41-40-43-51-58-65-78(7)9-2/h76-81,86H,8-75H2,1-7H3,(H,91,92)(H,93,94)/t78?,79-,80-,81-/m1/s1. The minimum Gasteiger partial charge on any atom is -0.462 e. The molecule has 0 aliphatic rings. The number of aliphatic hydroxyl groups is 1. The van der Waals surface area contributed by atoms with Crippen LogP contribution < -0.4 is 0 Å². The Morgan fingerprint density at radius 1 is 0.279 bits per heavy atom. The summed E-state index contributed by atoms with van der Waals surface area (Å²) in [5, 5.41) is 10.7. The highest BCUT2D eigenvalue weighted by molar-refractivity contribution is 7.47. The first-order chi connectivity index (χ1) is 50.3. The molecule has 0 heterocycles. The Labute approximate surface area is 638 Å². The van der Waals surface area contributed by atoms with Crippen LogP contribution in [0.15, 0.2) is 0 Å². The quantitative estimate of drug-likeness (QED) is 0.0222. The fraction of sp³-hybridized carbons (Fsp3) is 0.953. The van der Waals surface area contributed by atoms with E-state index >= 15 is 0 Å². The van der Waals surface area contributed by atoms with E-state index in [1.165, 1.54) is 250 Å². The van der Waals surface area contributed by atoms with Crippen LogP contribution >= 0.6 is 15.6 Å². The number of rotatable bonds is 83. The topological polar surface area (TPSA) is 237 Å². The van der Waals surface area contributed by atoms with Gasteiger partial charge in [-0.1, -0.05) is 395 Å². The van der Waals surface area contributed by atoms with E-state index in [0.29, 0.717) is 31.6 Å². The van der Waals surface area contributed by atoms with E-state index in [1.807, 2.05) is 0 Å². The summed E-state index contributed by atoms with van der Waals surface area (Å²) in [6.45, 7) is 11.9. The Hall–Kier alpha value is -1.94. The number of aliphatic hydroxyl groups excluding tert-OH is 1. The van der Waals surface area contributed by atoms with Gasteiger partial charge in [-0.2, -0.15) is 0 Å². The van der Waals surface area contributed by atoms with E-state index < -0.39 is 97.5 Å². The molecule has 618 valence electrons.